The minimum absolute atomic E-state index is 0.111. The maximum Gasteiger partial charge on any atom is 0.263 e. The second-order valence-electron chi connectivity index (χ2n) is 7.30. The highest BCUT2D eigenvalue weighted by Gasteiger charge is 2.24. The lowest BCUT2D eigenvalue weighted by Crippen LogP contribution is -2.40. The average molecular weight is 414 g/mol. The molecule has 0 fully saturated rings. The van der Waals surface area contributed by atoms with Crippen LogP contribution < -0.4 is 4.74 Å². The van der Waals surface area contributed by atoms with Gasteiger partial charge in [-0.2, -0.15) is 4.98 Å². The molecular formula is C22H27N3O3S. The average Bonchev–Trinajstić information content (AvgIpc) is 3.37. The first-order valence-corrected chi connectivity index (χ1v) is 10.7. The summed E-state index contributed by atoms with van der Waals surface area (Å²) in [5.74, 6) is 1.91. The van der Waals surface area contributed by atoms with Crippen LogP contribution in [0.4, 0.5) is 0 Å². The SMILES string of the molecule is CCN(Cc1nc(-c2cccs2)no1)C(=O)[C@H](C)Oc1cc(C)ccc1C(C)C. The minimum Gasteiger partial charge on any atom is -0.481 e. The molecule has 0 aliphatic heterocycles. The van der Waals surface area contributed by atoms with E-state index in [1.54, 1.807) is 23.2 Å². The Kier molecular flexibility index (Phi) is 6.69. The summed E-state index contributed by atoms with van der Waals surface area (Å²) in [5, 5.41) is 5.98. The molecule has 0 saturated heterocycles. The number of carbonyl (C=O) groups excluding carboxylic acids is 1. The molecule has 0 aliphatic carbocycles. The molecule has 1 amide bonds. The minimum atomic E-state index is -0.617. The first-order valence-electron chi connectivity index (χ1n) is 9.81. The predicted molar refractivity (Wildman–Crippen MR) is 114 cm³/mol. The second-order valence-corrected chi connectivity index (χ2v) is 8.25. The molecule has 6 nitrogen and oxygen atoms in total. The Balaban J connectivity index is 1.70. The van der Waals surface area contributed by atoms with Gasteiger partial charge in [-0.3, -0.25) is 4.79 Å². The van der Waals surface area contributed by atoms with E-state index in [-0.39, 0.29) is 12.5 Å². The van der Waals surface area contributed by atoms with Crippen LogP contribution in [0, 0.1) is 6.92 Å². The standard InChI is InChI=1S/C22H27N3O3S/c1-6-25(13-20-23-21(24-28-20)19-8-7-11-29-19)22(26)16(5)27-18-12-15(4)9-10-17(18)14(2)3/h7-12,14,16H,6,13H2,1-5H3/t16-/m0/s1. The molecule has 0 radical (unpaired) electrons. The van der Waals surface area contributed by atoms with Gasteiger partial charge in [0.1, 0.15) is 12.3 Å². The molecule has 0 N–H and O–H groups in total. The Bertz CT molecular complexity index is 950. The van der Waals surface area contributed by atoms with Crippen molar-refractivity contribution in [2.45, 2.75) is 53.2 Å². The fourth-order valence-corrected chi connectivity index (χ4v) is 3.70. The smallest absolute Gasteiger partial charge is 0.263 e. The molecule has 1 aromatic carbocycles. The van der Waals surface area contributed by atoms with E-state index in [4.69, 9.17) is 9.26 Å². The number of rotatable bonds is 8. The van der Waals surface area contributed by atoms with Gasteiger partial charge in [0, 0.05) is 6.54 Å². The molecule has 7 heteroatoms. The first kappa shape index (κ1) is 21.0. The summed E-state index contributed by atoms with van der Waals surface area (Å²) >= 11 is 1.55. The lowest BCUT2D eigenvalue weighted by atomic mass is 10.0. The van der Waals surface area contributed by atoms with E-state index in [1.165, 1.54) is 0 Å². The summed E-state index contributed by atoms with van der Waals surface area (Å²) in [6.07, 6.45) is -0.617. The fraction of sp³-hybridized carbons (Fsp3) is 0.409. The van der Waals surface area contributed by atoms with Crippen LogP contribution in [0.2, 0.25) is 0 Å². The molecule has 1 atom stereocenters. The van der Waals surface area contributed by atoms with Gasteiger partial charge < -0.3 is 14.2 Å². The highest BCUT2D eigenvalue weighted by atomic mass is 32.1. The second kappa shape index (κ2) is 9.22. The number of hydrogen-bond acceptors (Lipinski definition) is 6. The fourth-order valence-electron chi connectivity index (χ4n) is 3.05. The number of carbonyl (C=O) groups is 1. The van der Waals surface area contributed by atoms with Gasteiger partial charge in [0.2, 0.25) is 11.7 Å². The van der Waals surface area contributed by atoms with Crippen LogP contribution >= 0.6 is 11.3 Å². The van der Waals surface area contributed by atoms with Crippen molar-refractivity contribution in [2.75, 3.05) is 6.54 Å². The Morgan fingerprint density at radius 1 is 1.28 bits per heavy atom. The van der Waals surface area contributed by atoms with Gasteiger partial charge in [0.15, 0.2) is 6.10 Å². The molecule has 0 unspecified atom stereocenters. The zero-order valence-electron chi connectivity index (χ0n) is 17.5. The molecule has 0 bridgehead atoms. The molecule has 0 spiro atoms. The number of thiophene rings is 1. The van der Waals surface area contributed by atoms with E-state index >= 15 is 0 Å². The number of ether oxygens (including phenoxy) is 1. The summed E-state index contributed by atoms with van der Waals surface area (Å²) in [5.41, 5.74) is 2.19. The van der Waals surface area contributed by atoms with Gasteiger partial charge in [0.05, 0.1) is 4.88 Å². The number of aryl methyl sites for hydroxylation is 1. The van der Waals surface area contributed by atoms with E-state index in [0.717, 1.165) is 21.8 Å². The van der Waals surface area contributed by atoms with Gasteiger partial charge in [-0.05, 0) is 55.3 Å². The molecule has 154 valence electrons. The van der Waals surface area contributed by atoms with E-state index < -0.39 is 6.10 Å². The summed E-state index contributed by atoms with van der Waals surface area (Å²) < 4.78 is 11.4. The highest BCUT2D eigenvalue weighted by Crippen LogP contribution is 2.28. The third-order valence-electron chi connectivity index (χ3n) is 4.67. The van der Waals surface area contributed by atoms with Crippen molar-refractivity contribution < 1.29 is 14.1 Å². The Morgan fingerprint density at radius 3 is 2.72 bits per heavy atom. The number of likely N-dealkylation sites (N-methyl/N-ethyl adjacent to an activating group) is 1. The van der Waals surface area contributed by atoms with Crippen LogP contribution in [-0.2, 0) is 11.3 Å². The quantitative estimate of drug-likeness (QED) is 0.517. The molecule has 0 saturated carbocycles. The Morgan fingerprint density at radius 2 is 2.07 bits per heavy atom. The van der Waals surface area contributed by atoms with Crippen molar-refractivity contribution in [1.82, 2.24) is 15.0 Å². The van der Waals surface area contributed by atoms with Crippen LogP contribution in [0.3, 0.4) is 0 Å². The molecule has 2 heterocycles. The van der Waals surface area contributed by atoms with Crippen LogP contribution in [0.25, 0.3) is 10.7 Å². The molecule has 3 rings (SSSR count). The van der Waals surface area contributed by atoms with Crippen molar-refractivity contribution in [2.24, 2.45) is 0 Å². The van der Waals surface area contributed by atoms with E-state index in [9.17, 15) is 4.79 Å². The first-order chi connectivity index (χ1) is 13.9. The zero-order valence-corrected chi connectivity index (χ0v) is 18.3. The van der Waals surface area contributed by atoms with Gasteiger partial charge in [-0.15, -0.1) is 11.3 Å². The van der Waals surface area contributed by atoms with Gasteiger partial charge >= 0.3 is 0 Å². The van der Waals surface area contributed by atoms with Gasteiger partial charge in [-0.25, -0.2) is 0 Å². The third kappa shape index (κ3) is 5.03. The van der Waals surface area contributed by atoms with Crippen molar-refractivity contribution in [3.05, 3.63) is 52.7 Å². The van der Waals surface area contributed by atoms with Crippen molar-refractivity contribution in [3.63, 3.8) is 0 Å². The van der Waals surface area contributed by atoms with Crippen molar-refractivity contribution >= 4 is 17.2 Å². The van der Waals surface area contributed by atoms with Gasteiger partial charge in [-0.1, -0.05) is 37.2 Å². The van der Waals surface area contributed by atoms with E-state index in [1.807, 2.05) is 37.4 Å². The third-order valence-corrected chi connectivity index (χ3v) is 5.54. The van der Waals surface area contributed by atoms with Crippen LogP contribution in [0.15, 0.2) is 40.2 Å². The zero-order chi connectivity index (χ0) is 21.0. The molecular weight excluding hydrogens is 386 g/mol. The van der Waals surface area contributed by atoms with E-state index in [2.05, 4.69) is 36.1 Å². The molecule has 29 heavy (non-hydrogen) atoms. The topological polar surface area (TPSA) is 68.5 Å². The van der Waals surface area contributed by atoms with Crippen LogP contribution in [0.5, 0.6) is 5.75 Å². The number of hydrogen-bond donors (Lipinski definition) is 0. The Labute approximate surface area is 175 Å². The van der Waals surface area contributed by atoms with Crippen LogP contribution in [0.1, 0.15) is 50.6 Å². The Hall–Kier alpha value is -2.67. The van der Waals surface area contributed by atoms with Gasteiger partial charge in [0.25, 0.3) is 5.91 Å². The largest absolute Gasteiger partial charge is 0.481 e. The maximum atomic E-state index is 13.0. The van der Waals surface area contributed by atoms with Crippen LogP contribution in [-0.4, -0.2) is 33.6 Å². The number of nitrogens with zero attached hydrogens (tertiary/aromatic N) is 3. The molecule has 0 aliphatic rings. The lowest BCUT2D eigenvalue weighted by molar-refractivity contribution is -0.138. The summed E-state index contributed by atoms with van der Waals surface area (Å²) in [6, 6.07) is 9.99. The predicted octanol–water partition coefficient (Wildman–Crippen LogP) is 5.05. The molecule has 2 aromatic heterocycles. The monoisotopic (exact) mass is 413 g/mol. The number of benzene rings is 1. The van der Waals surface area contributed by atoms with Crippen molar-refractivity contribution in [3.8, 4) is 16.5 Å². The highest BCUT2D eigenvalue weighted by molar-refractivity contribution is 7.13. The normalized spacial score (nSPS) is 12.2. The summed E-state index contributed by atoms with van der Waals surface area (Å²) in [4.78, 5) is 20.0. The van der Waals surface area contributed by atoms with E-state index in [0.29, 0.717) is 24.2 Å². The summed E-state index contributed by atoms with van der Waals surface area (Å²) in [7, 11) is 0. The summed E-state index contributed by atoms with van der Waals surface area (Å²) in [6.45, 7) is 10.7. The number of aromatic nitrogens is 2. The maximum absolute atomic E-state index is 13.0. The van der Waals surface area contributed by atoms with Crippen molar-refractivity contribution in [1.29, 1.82) is 0 Å². The lowest BCUT2D eigenvalue weighted by Gasteiger charge is -2.25. The number of amides is 1. The molecule has 3 aromatic rings.